The minimum absolute atomic E-state index is 0.0148. The van der Waals surface area contributed by atoms with Gasteiger partial charge in [0.05, 0.1) is 5.69 Å². The minimum atomic E-state index is -0.547. The highest BCUT2D eigenvalue weighted by atomic mass is 32.1. The van der Waals surface area contributed by atoms with Gasteiger partial charge in [-0.15, -0.1) is 11.3 Å². The molecule has 0 bridgehead atoms. The summed E-state index contributed by atoms with van der Waals surface area (Å²) >= 11 is 1.40. The lowest BCUT2D eigenvalue weighted by atomic mass is 9.93. The second-order valence-corrected chi connectivity index (χ2v) is 7.06. The van der Waals surface area contributed by atoms with Crippen LogP contribution in [0.5, 0.6) is 0 Å². The number of amides is 2. The van der Waals surface area contributed by atoms with Crippen LogP contribution in [0.15, 0.2) is 5.38 Å². The fourth-order valence-corrected chi connectivity index (χ4v) is 2.55. The third-order valence-corrected chi connectivity index (χ3v) is 3.57. The Morgan fingerprint density at radius 2 is 1.90 bits per heavy atom. The molecule has 1 aromatic rings. The van der Waals surface area contributed by atoms with Gasteiger partial charge in [0.25, 0.3) is 0 Å². The average Bonchev–Trinajstić information content (AvgIpc) is 2.73. The van der Waals surface area contributed by atoms with Gasteiger partial charge in [-0.1, -0.05) is 34.6 Å². The molecule has 0 aliphatic carbocycles. The number of aromatic nitrogens is 1. The summed E-state index contributed by atoms with van der Waals surface area (Å²) in [6, 6.07) is -0.547. The Bertz CT molecular complexity index is 489. The number of nitrogens with one attached hydrogen (secondary N) is 2. The Morgan fingerprint density at radius 3 is 2.30 bits per heavy atom. The Kier molecular flexibility index (Phi) is 5.28. The van der Waals surface area contributed by atoms with Gasteiger partial charge in [-0.25, -0.2) is 4.98 Å². The van der Waals surface area contributed by atoms with Gasteiger partial charge in [0.2, 0.25) is 11.8 Å². The van der Waals surface area contributed by atoms with Gasteiger partial charge in [0, 0.05) is 17.7 Å². The third kappa shape index (κ3) is 4.59. The molecule has 0 aromatic carbocycles. The van der Waals surface area contributed by atoms with Crippen LogP contribution in [-0.4, -0.2) is 22.8 Å². The second kappa shape index (κ2) is 6.35. The molecular weight excluding hydrogens is 274 g/mol. The van der Waals surface area contributed by atoms with Crippen LogP contribution in [-0.2, 0) is 15.0 Å². The third-order valence-electron chi connectivity index (χ3n) is 2.81. The van der Waals surface area contributed by atoms with E-state index in [0.717, 1.165) is 5.69 Å². The molecule has 0 spiro atoms. The van der Waals surface area contributed by atoms with Crippen molar-refractivity contribution in [3.63, 3.8) is 0 Å². The van der Waals surface area contributed by atoms with E-state index in [-0.39, 0.29) is 23.1 Å². The molecule has 0 unspecified atom stereocenters. The fraction of sp³-hybridized carbons (Fsp3) is 0.643. The molecule has 1 atom stereocenters. The predicted octanol–water partition coefficient (Wildman–Crippen LogP) is 2.54. The van der Waals surface area contributed by atoms with Gasteiger partial charge in [-0.3, -0.25) is 9.59 Å². The van der Waals surface area contributed by atoms with Gasteiger partial charge >= 0.3 is 0 Å². The number of anilines is 1. The van der Waals surface area contributed by atoms with Crippen molar-refractivity contribution in [2.24, 2.45) is 5.92 Å². The SMILES string of the molecule is CC(=O)N[C@H](C(=O)Nc1nc(C(C)(C)C)cs1)C(C)C. The van der Waals surface area contributed by atoms with Crippen molar-refractivity contribution >= 4 is 28.3 Å². The number of carbonyl (C=O) groups is 2. The van der Waals surface area contributed by atoms with Gasteiger partial charge in [-0.2, -0.15) is 0 Å². The van der Waals surface area contributed by atoms with Crippen LogP contribution in [0, 0.1) is 5.92 Å². The first-order valence-corrected chi connectivity index (χ1v) is 7.53. The van der Waals surface area contributed by atoms with Gasteiger partial charge in [-0.05, 0) is 5.92 Å². The van der Waals surface area contributed by atoms with Crippen LogP contribution in [0.2, 0.25) is 0 Å². The summed E-state index contributed by atoms with van der Waals surface area (Å²) in [5, 5.41) is 7.95. The van der Waals surface area contributed by atoms with Gasteiger partial charge in [0.15, 0.2) is 5.13 Å². The maximum atomic E-state index is 12.2. The zero-order valence-corrected chi connectivity index (χ0v) is 13.7. The molecule has 0 radical (unpaired) electrons. The van der Waals surface area contributed by atoms with Crippen molar-refractivity contribution in [1.82, 2.24) is 10.3 Å². The summed E-state index contributed by atoms with van der Waals surface area (Å²) in [6.07, 6.45) is 0. The Hall–Kier alpha value is -1.43. The summed E-state index contributed by atoms with van der Waals surface area (Å²) < 4.78 is 0. The number of carbonyl (C=O) groups excluding carboxylic acids is 2. The number of rotatable bonds is 4. The monoisotopic (exact) mass is 297 g/mol. The van der Waals surface area contributed by atoms with Crippen molar-refractivity contribution in [2.75, 3.05) is 5.32 Å². The van der Waals surface area contributed by atoms with E-state index in [0.29, 0.717) is 5.13 Å². The highest BCUT2D eigenvalue weighted by Crippen LogP contribution is 2.26. The maximum absolute atomic E-state index is 12.2. The minimum Gasteiger partial charge on any atom is -0.344 e. The first kappa shape index (κ1) is 16.6. The van der Waals surface area contributed by atoms with E-state index in [1.807, 2.05) is 19.2 Å². The lowest BCUT2D eigenvalue weighted by Gasteiger charge is -2.20. The molecule has 0 aliphatic heterocycles. The molecule has 1 aromatic heterocycles. The number of nitrogens with zero attached hydrogens (tertiary/aromatic N) is 1. The zero-order valence-electron chi connectivity index (χ0n) is 12.9. The molecule has 0 saturated carbocycles. The van der Waals surface area contributed by atoms with Crippen LogP contribution in [0.25, 0.3) is 0 Å². The topological polar surface area (TPSA) is 71.1 Å². The normalized spacial score (nSPS) is 13.2. The van der Waals surface area contributed by atoms with Crippen molar-refractivity contribution in [3.05, 3.63) is 11.1 Å². The highest BCUT2D eigenvalue weighted by Gasteiger charge is 2.24. The van der Waals surface area contributed by atoms with Crippen molar-refractivity contribution in [2.45, 2.75) is 53.0 Å². The molecule has 112 valence electrons. The fourth-order valence-electron chi connectivity index (χ4n) is 1.61. The molecule has 0 fully saturated rings. The van der Waals surface area contributed by atoms with Gasteiger partial charge in [0.1, 0.15) is 6.04 Å². The standard InChI is InChI=1S/C14H23N3O2S/c1-8(2)11(15-9(3)18)12(19)17-13-16-10(7-20-13)14(4,5)6/h7-8,11H,1-6H3,(H,15,18)(H,16,17,19)/t11-/m0/s1. The number of thiazole rings is 1. The molecule has 6 heteroatoms. The summed E-state index contributed by atoms with van der Waals surface area (Å²) in [5.41, 5.74) is 0.896. The summed E-state index contributed by atoms with van der Waals surface area (Å²) in [5.74, 6) is -0.431. The van der Waals surface area contributed by atoms with Crippen LogP contribution in [0.4, 0.5) is 5.13 Å². The Morgan fingerprint density at radius 1 is 1.30 bits per heavy atom. The smallest absolute Gasteiger partial charge is 0.248 e. The molecule has 0 aliphatic rings. The van der Waals surface area contributed by atoms with Crippen LogP contribution in [0.3, 0.4) is 0 Å². The van der Waals surface area contributed by atoms with Crippen LogP contribution >= 0.6 is 11.3 Å². The lowest BCUT2D eigenvalue weighted by Crippen LogP contribution is -2.46. The van der Waals surface area contributed by atoms with E-state index in [1.54, 1.807) is 0 Å². The highest BCUT2D eigenvalue weighted by molar-refractivity contribution is 7.14. The summed E-state index contributed by atoms with van der Waals surface area (Å²) in [6.45, 7) is 11.4. The zero-order chi connectivity index (χ0) is 15.5. The van der Waals surface area contributed by atoms with E-state index in [4.69, 9.17) is 0 Å². The molecular formula is C14H23N3O2S. The van der Waals surface area contributed by atoms with Crippen molar-refractivity contribution in [3.8, 4) is 0 Å². The predicted molar refractivity (Wildman–Crippen MR) is 81.9 cm³/mol. The summed E-state index contributed by atoms with van der Waals surface area (Å²) in [4.78, 5) is 27.8. The van der Waals surface area contributed by atoms with E-state index >= 15 is 0 Å². The quantitative estimate of drug-likeness (QED) is 0.897. The van der Waals surface area contributed by atoms with E-state index in [9.17, 15) is 9.59 Å². The average molecular weight is 297 g/mol. The number of hydrogen-bond donors (Lipinski definition) is 2. The Labute approximate surface area is 124 Å². The van der Waals surface area contributed by atoms with Crippen molar-refractivity contribution < 1.29 is 9.59 Å². The van der Waals surface area contributed by atoms with Gasteiger partial charge < -0.3 is 10.6 Å². The van der Waals surface area contributed by atoms with Crippen LogP contribution in [0.1, 0.15) is 47.2 Å². The molecule has 1 rings (SSSR count). The first-order valence-electron chi connectivity index (χ1n) is 6.65. The molecule has 0 saturated heterocycles. The Balaban J connectivity index is 2.78. The van der Waals surface area contributed by atoms with E-state index < -0.39 is 6.04 Å². The molecule has 1 heterocycles. The van der Waals surface area contributed by atoms with Crippen molar-refractivity contribution in [1.29, 1.82) is 0 Å². The maximum Gasteiger partial charge on any atom is 0.248 e. The van der Waals surface area contributed by atoms with E-state index in [2.05, 4.69) is 36.4 Å². The molecule has 5 nitrogen and oxygen atoms in total. The molecule has 2 amide bonds. The largest absolute Gasteiger partial charge is 0.344 e. The second-order valence-electron chi connectivity index (χ2n) is 6.20. The molecule has 20 heavy (non-hydrogen) atoms. The van der Waals surface area contributed by atoms with E-state index in [1.165, 1.54) is 18.3 Å². The van der Waals surface area contributed by atoms with Crippen LogP contribution < -0.4 is 10.6 Å². The lowest BCUT2D eigenvalue weighted by molar-refractivity contribution is -0.126. The summed E-state index contributed by atoms with van der Waals surface area (Å²) in [7, 11) is 0. The first-order chi connectivity index (χ1) is 9.11. The molecule has 2 N–H and O–H groups in total. The number of hydrogen-bond acceptors (Lipinski definition) is 4.